The first kappa shape index (κ1) is 14.5. The van der Waals surface area contributed by atoms with E-state index in [2.05, 4.69) is 16.8 Å². The molecule has 1 aromatic heterocycles. The summed E-state index contributed by atoms with van der Waals surface area (Å²) in [5, 5.41) is 5.56. The predicted octanol–water partition coefficient (Wildman–Crippen LogP) is 3.49. The number of nitrogens with one attached hydrogen (secondary N) is 1. The summed E-state index contributed by atoms with van der Waals surface area (Å²) in [4.78, 5) is 13.5. The molecule has 19 heavy (non-hydrogen) atoms. The van der Waals surface area contributed by atoms with Crippen molar-refractivity contribution in [1.29, 1.82) is 0 Å². The second kappa shape index (κ2) is 7.06. The highest BCUT2D eigenvalue weighted by molar-refractivity contribution is 7.09. The molecule has 0 bridgehead atoms. The average molecular weight is 281 g/mol. The van der Waals surface area contributed by atoms with Crippen molar-refractivity contribution >= 4 is 17.3 Å². The molecule has 0 atom stereocenters. The van der Waals surface area contributed by atoms with Gasteiger partial charge in [0.25, 0.3) is 0 Å². The van der Waals surface area contributed by atoms with E-state index in [0.29, 0.717) is 0 Å². The molecule has 0 aromatic carbocycles. The van der Waals surface area contributed by atoms with Crippen molar-refractivity contribution in [3.05, 3.63) is 22.4 Å². The third-order valence-electron chi connectivity index (χ3n) is 3.96. The van der Waals surface area contributed by atoms with Gasteiger partial charge < -0.3 is 4.74 Å². The summed E-state index contributed by atoms with van der Waals surface area (Å²) >= 11 is 1.72. The van der Waals surface area contributed by atoms with Crippen LogP contribution in [-0.2, 0) is 16.1 Å². The minimum atomic E-state index is -0.473. The number of methoxy groups -OCH3 is 1. The Morgan fingerprint density at radius 3 is 2.58 bits per heavy atom. The SMILES string of the molecule is COC(=O)C1(NCc2cccs2)CCCCCCC1. The van der Waals surface area contributed by atoms with Crippen LogP contribution in [0.5, 0.6) is 0 Å². The second-order valence-corrected chi connectivity index (χ2v) is 6.31. The molecule has 1 aromatic rings. The van der Waals surface area contributed by atoms with Gasteiger partial charge in [0, 0.05) is 11.4 Å². The summed E-state index contributed by atoms with van der Waals surface area (Å²) < 4.78 is 5.06. The number of hydrogen-bond donors (Lipinski definition) is 1. The van der Waals surface area contributed by atoms with Crippen molar-refractivity contribution in [2.75, 3.05) is 7.11 Å². The predicted molar refractivity (Wildman–Crippen MR) is 78.2 cm³/mol. The van der Waals surface area contributed by atoms with Gasteiger partial charge in [0.05, 0.1) is 7.11 Å². The molecule has 1 N–H and O–H groups in total. The molecule has 1 saturated carbocycles. The molecule has 1 aliphatic carbocycles. The lowest BCUT2D eigenvalue weighted by molar-refractivity contribution is -0.149. The van der Waals surface area contributed by atoms with Crippen LogP contribution in [0.1, 0.15) is 49.8 Å². The van der Waals surface area contributed by atoms with Crippen molar-refractivity contribution in [2.45, 2.75) is 57.0 Å². The molecule has 2 rings (SSSR count). The molecule has 0 unspecified atom stereocenters. The van der Waals surface area contributed by atoms with Crippen LogP contribution >= 0.6 is 11.3 Å². The molecule has 0 amide bonds. The van der Waals surface area contributed by atoms with Crippen LogP contribution in [0.4, 0.5) is 0 Å². The van der Waals surface area contributed by atoms with E-state index in [1.807, 2.05) is 6.07 Å². The molecule has 3 nitrogen and oxygen atoms in total. The van der Waals surface area contributed by atoms with E-state index in [1.165, 1.54) is 31.2 Å². The maximum Gasteiger partial charge on any atom is 0.326 e. The lowest BCUT2D eigenvalue weighted by Gasteiger charge is -2.33. The lowest BCUT2D eigenvalue weighted by atomic mass is 9.84. The van der Waals surface area contributed by atoms with Crippen molar-refractivity contribution in [2.24, 2.45) is 0 Å². The standard InChI is InChI=1S/C15H23NO2S/c1-18-14(17)15(9-5-3-2-4-6-10-15)16-12-13-8-7-11-19-13/h7-8,11,16H,2-6,9-10,12H2,1H3. The largest absolute Gasteiger partial charge is 0.468 e. The van der Waals surface area contributed by atoms with Gasteiger partial charge in [-0.3, -0.25) is 10.1 Å². The Hall–Kier alpha value is -0.870. The van der Waals surface area contributed by atoms with Crippen LogP contribution in [0.15, 0.2) is 17.5 Å². The summed E-state index contributed by atoms with van der Waals surface area (Å²) in [7, 11) is 1.50. The molecular weight excluding hydrogens is 258 g/mol. The van der Waals surface area contributed by atoms with Crippen LogP contribution in [0.25, 0.3) is 0 Å². The molecule has 0 spiro atoms. The third kappa shape index (κ3) is 3.80. The van der Waals surface area contributed by atoms with Gasteiger partial charge in [0.1, 0.15) is 5.54 Å². The molecule has 1 aliphatic rings. The van der Waals surface area contributed by atoms with E-state index in [-0.39, 0.29) is 5.97 Å². The summed E-state index contributed by atoms with van der Waals surface area (Å²) in [6, 6.07) is 4.15. The number of carbonyl (C=O) groups is 1. The quantitative estimate of drug-likeness (QED) is 0.859. The zero-order chi connectivity index (χ0) is 13.6. The van der Waals surface area contributed by atoms with E-state index in [1.54, 1.807) is 11.3 Å². The number of hydrogen-bond acceptors (Lipinski definition) is 4. The highest BCUT2D eigenvalue weighted by Crippen LogP contribution is 2.28. The zero-order valence-corrected chi connectivity index (χ0v) is 12.4. The first-order valence-corrected chi connectivity index (χ1v) is 8.01. The number of ether oxygens (including phenoxy) is 1. The Morgan fingerprint density at radius 2 is 2.00 bits per heavy atom. The minimum absolute atomic E-state index is 0.0917. The molecule has 0 radical (unpaired) electrons. The second-order valence-electron chi connectivity index (χ2n) is 5.27. The fourth-order valence-electron chi connectivity index (χ4n) is 2.83. The highest BCUT2D eigenvalue weighted by Gasteiger charge is 2.38. The molecule has 0 aliphatic heterocycles. The van der Waals surface area contributed by atoms with Crippen molar-refractivity contribution < 1.29 is 9.53 Å². The van der Waals surface area contributed by atoms with Gasteiger partial charge in [0.15, 0.2) is 0 Å². The van der Waals surface area contributed by atoms with E-state index < -0.39 is 5.54 Å². The first-order valence-electron chi connectivity index (χ1n) is 7.13. The number of thiophene rings is 1. The minimum Gasteiger partial charge on any atom is -0.468 e. The Labute approximate surface area is 119 Å². The average Bonchev–Trinajstić information content (AvgIpc) is 2.90. The van der Waals surface area contributed by atoms with E-state index in [0.717, 1.165) is 32.2 Å². The first-order chi connectivity index (χ1) is 9.27. The Bertz CT molecular complexity index is 381. The number of carbonyl (C=O) groups excluding carboxylic acids is 1. The Morgan fingerprint density at radius 1 is 1.32 bits per heavy atom. The molecule has 0 saturated heterocycles. The monoisotopic (exact) mass is 281 g/mol. The summed E-state index contributed by atoms with van der Waals surface area (Å²) in [5.74, 6) is -0.0917. The summed E-state index contributed by atoms with van der Waals surface area (Å²) in [6.45, 7) is 0.757. The molecule has 1 heterocycles. The number of esters is 1. The van der Waals surface area contributed by atoms with Crippen LogP contribution in [-0.4, -0.2) is 18.6 Å². The van der Waals surface area contributed by atoms with Gasteiger partial charge in [0.2, 0.25) is 0 Å². The lowest BCUT2D eigenvalue weighted by Crippen LogP contribution is -2.52. The fourth-order valence-corrected chi connectivity index (χ4v) is 3.47. The van der Waals surface area contributed by atoms with Gasteiger partial charge in [-0.15, -0.1) is 11.3 Å². The normalized spacial score (nSPS) is 19.4. The molecule has 106 valence electrons. The highest BCUT2D eigenvalue weighted by atomic mass is 32.1. The van der Waals surface area contributed by atoms with Crippen LogP contribution < -0.4 is 5.32 Å². The third-order valence-corrected chi connectivity index (χ3v) is 4.84. The zero-order valence-electron chi connectivity index (χ0n) is 11.6. The van der Waals surface area contributed by atoms with Crippen LogP contribution in [0.3, 0.4) is 0 Å². The maximum absolute atomic E-state index is 12.2. The van der Waals surface area contributed by atoms with Gasteiger partial charge in [-0.2, -0.15) is 0 Å². The smallest absolute Gasteiger partial charge is 0.326 e. The number of rotatable bonds is 4. The van der Waals surface area contributed by atoms with Gasteiger partial charge >= 0.3 is 5.97 Å². The van der Waals surface area contributed by atoms with Gasteiger partial charge in [-0.05, 0) is 24.3 Å². The van der Waals surface area contributed by atoms with Crippen molar-refractivity contribution in [3.63, 3.8) is 0 Å². The van der Waals surface area contributed by atoms with E-state index >= 15 is 0 Å². The van der Waals surface area contributed by atoms with E-state index in [9.17, 15) is 4.79 Å². The topological polar surface area (TPSA) is 38.3 Å². The molecular formula is C15H23NO2S. The van der Waals surface area contributed by atoms with E-state index in [4.69, 9.17) is 4.74 Å². The Balaban J connectivity index is 2.05. The molecule has 1 fully saturated rings. The fraction of sp³-hybridized carbons (Fsp3) is 0.667. The van der Waals surface area contributed by atoms with Gasteiger partial charge in [-0.1, -0.05) is 38.2 Å². The van der Waals surface area contributed by atoms with Crippen LogP contribution in [0, 0.1) is 0 Å². The molecule has 4 heteroatoms. The van der Waals surface area contributed by atoms with Crippen molar-refractivity contribution in [3.8, 4) is 0 Å². The maximum atomic E-state index is 12.2. The van der Waals surface area contributed by atoms with Crippen molar-refractivity contribution in [1.82, 2.24) is 5.32 Å². The Kier molecular flexibility index (Phi) is 5.40. The summed E-state index contributed by atoms with van der Waals surface area (Å²) in [6.07, 6.45) is 7.73. The van der Waals surface area contributed by atoms with Crippen LogP contribution in [0.2, 0.25) is 0 Å². The van der Waals surface area contributed by atoms with Gasteiger partial charge in [-0.25, -0.2) is 0 Å². The summed E-state index contributed by atoms with van der Waals surface area (Å²) in [5.41, 5.74) is -0.473.